The van der Waals surface area contributed by atoms with Crippen molar-refractivity contribution in [1.82, 2.24) is 9.88 Å². The van der Waals surface area contributed by atoms with E-state index in [4.69, 9.17) is 0 Å². The second-order valence-corrected chi connectivity index (χ2v) is 8.63. The molecule has 2 fully saturated rings. The van der Waals surface area contributed by atoms with Gasteiger partial charge in [0.05, 0.1) is 5.92 Å². The molecule has 31 heavy (non-hydrogen) atoms. The van der Waals surface area contributed by atoms with Crippen LogP contribution in [0, 0.1) is 24.7 Å². The Kier molecular flexibility index (Phi) is 6.02. The van der Waals surface area contributed by atoms with E-state index in [-0.39, 0.29) is 29.6 Å². The van der Waals surface area contributed by atoms with Gasteiger partial charge in [0.25, 0.3) is 5.91 Å². The summed E-state index contributed by atoms with van der Waals surface area (Å²) >= 11 is 0. The molecule has 7 heteroatoms. The van der Waals surface area contributed by atoms with E-state index in [1.807, 2.05) is 19.1 Å². The normalized spacial score (nSPS) is 22.5. The van der Waals surface area contributed by atoms with Crippen LogP contribution in [0.4, 0.5) is 11.5 Å². The average molecular weight is 421 g/mol. The highest BCUT2D eigenvalue weighted by Crippen LogP contribution is 2.38. The van der Waals surface area contributed by atoms with E-state index in [2.05, 4.69) is 22.5 Å². The SMILES string of the molecule is Cc1cccnc1NC(=O)C1CCCN(C(=O)c2ccc(NC(=O)C3CC3C)cc2)C1. The maximum Gasteiger partial charge on any atom is 0.253 e. The molecule has 3 unspecified atom stereocenters. The summed E-state index contributed by atoms with van der Waals surface area (Å²) in [5.41, 5.74) is 2.16. The van der Waals surface area contributed by atoms with Gasteiger partial charge in [0.15, 0.2) is 0 Å². The third-order valence-electron chi connectivity index (χ3n) is 6.18. The fourth-order valence-corrected chi connectivity index (χ4v) is 4.01. The summed E-state index contributed by atoms with van der Waals surface area (Å²) in [5.74, 6) is 0.693. The van der Waals surface area contributed by atoms with Gasteiger partial charge in [0.1, 0.15) is 5.82 Å². The van der Waals surface area contributed by atoms with Crippen LogP contribution in [0.3, 0.4) is 0 Å². The van der Waals surface area contributed by atoms with E-state index in [1.165, 1.54) is 0 Å². The Labute approximate surface area is 182 Å². The zero-order chi connectivity index (χ0) is 22.0. The lowest BCUT2D eigenvalue weighted by atomic mass is 9.96. The summed E-state index contributed by atoms with van der Waals surface area (Å²) in [4.78, 5) is 43.7. The number of rotatable bonds is 5. The van der Waals surface area contributed by atoms with Crippen molar-refractivity contribution in [2.45, 2.75) is 33.1 Å². The standard InChI is InChI=1S/C24H28N4O3/c1-15-5-3-11-25-21(15)27-22(29)18-6-4-12-28(14-18)24(31)17-7-9-19(10-8-17)26-23(30)20-13-16(20)2/h3,5,7-11,16,18,20H,4,6,12-14H2,1-2H3,(H,26,30)(H,25,27,29). The van der Waals surface area contributed by atoms with E-state index in [1.54, 1.807) is 35.4 Å². The molecule has 1 aliphatic heterocycles. The largest absolute Gasteiger partial charge is 0.338 e. The fourth-order valence-electron chi connectivity index (χ4n) is 4.01. The summed E-state index contributed by atoms with van der Waals surface area (Å²) < 4.78 is 0. The molecule has 0 spiro atoms. The van der Waals surface area contributed by atoms with Crippen molar-refractivity contribution < 1.29 is 14.4 Å². The molecule has 4 rings (SSSR count). The maximum atomic E-state index is 13.0. The number of nitrogens with zero attached hydrogens (tertiary/aromatic N) is 2. The number of hydrogen-bond acceptors (Lipinski definition) is 4. The van der Waals surface area contributed by atoms with E-state index < -0.39 is 0 Å². The predicted octanol–water partition coefficient (Wildman–Crippen LogP) is 3.48. The van der Waals surface area contributed by atoms with Crippen molar-refractivity contribution >= 4 is 29.2 Å². The molecule has 1 aromatic carbocycles. The molecule has 1 aliphatic carbocycles. The summed E-state index contributed by atoms with van der Waals surface area (Å²) in [5, 5.41) is 5.80. The number of anilines is 2. The van der Waals surface area contributed by atoms with Crippen LogP contribution in [0.25, 0.3) is 0 Å². The van der Waals surface area contributed by atoms with Gasteiger partial charge in [-0.25, -0.2) is 4.98 Å². The van der Waals surface area contributed by atoms with Gasteiger partial charge >= 0.3 is 0 Å². The van der Waals surface area contributed by atoms with E-state index in [9.17, 15) is 14.4 Å². The summed E-state index contributed by atoms with van der Waals surface area (Å²) in [6.07, 6.45) is 4.10. The fraction of sp³-hybridized carbons (Fsp3) is 0.417. The molecule has 1 saturated carbocycles. The van der Waals surface area contributed by atoms with Crippen molar-refractivity contribution in [3.05, 3.63) is 53.7 Å². The Bertz CT molecular complexity index is 989. The number of aryl methyl sites for hydroxylation is 1. The van der Waals surface area contributed by atoms with Crippen molar-refractivity contribution in [3.8, 4) is 0 Å². The van der Waals surface area contributed by atoms with Gasteiger partial charge in [0.2, 0.25) is 11.8 Å². The molecule has 1 saturated heterocycles. The number of carbonyl (C=O) groups excluding carboxylic acids is 3. The number of benzene rings is 1. The molecular weight excluding hydrogens is 392 g/mol. The van der Waals surface area contributed by atoms with Gasteiger partial charge < -0.3 is 15.5 Å². The number of piperidine rings is 1. The molecule has 1 aromatic heterocycles. The average Bonchev–Trinajstić information content (AvgIpc) is 3.52. The second-order valence-electron chi connectivity index (χ2n) is 8.63. The maximum absolute atomic E-state index is 13.0. The van der Waals surface area contributed by atoms with Crippen LogP contribution < -0.4 is 10.6 Å². The first-order valence-electron chi connectivity index (χ1n) is 10.8. The van der Waals surface area contributed by atoms with Gasteiger partial charge in [0, 0.05) is 36.5 Å². The van der Waals surface area contributed by atoms with Crippen LogP contribution in [0.5, 0.6) is 0 Å². The minimum atomic E-state index is -0.266. The Morgan fingerprint density at radius 3 is 2.48 bits per heavy atom. The van der Waals surface area contributed by atoms with Crippen LogP contribution in [-0.4, -0.2) is 40.7 Å². The van der Waals surface area contributed by atoms with Crippen LogP contribution in [0.15, 0.2) is 42.6 Å². The molecule has 3 amide bonds. The molecule has 3 atom stereocenters. The second kappa shape index (κ2) is 8.88. The highest BCUT2D eigenvalue weighted by atomic mass is 16.2. The molecule has 0 radical (unpaired) electrons. The van der Waals surface area contributed by atoms with Crippen LogP contribution in [0.1, 0.15) is 42.1 Å². The van der Waals surface area contributed by atoms with Crippen molar-refractivity contribution in [3.63, 3.8) is 0 Å². The molecule has 2 N–H and O–H groups in total. The zero-order valence-electron chi connectivity index (χ0n) is 17.9. The van der Waals surface area contributed by atoms with Gasteiger partial charge in [-0.3, -0.25) is 14.4 Å². The number of hydrogen-bond donors (Lipinski definition) is 2. The highest BCUT2D eigenvalue weighted by Gasteiger charge is 2.39. The zero-order valence-corrected chi connectivity index (χ0v) is 17.9. The topological polar surface area (TPSA) is 91.4 Å². The molecule has 2 aromatic rings. The lowest BCUT2D eigenvalue weighted by Gasteiger charge is -2.32. The third kappa shape index (κ3) is 4.93. The lowest BCUT2D eigenvalue weighted by molar-refractivity contribution is -0.121. The predicted molar refractivity (Wildman–Crippen MR) is 119 cm³/mol. The molecule has 2 heterocycles. The number of carbonyl (C=O) groups is 3. The van der Waals surface area contributed by atoms with E-state index in [0.717, 1.165) is 24.8 Å². The molecule has 0 bridgehead atoms. The lowest BCUT2D eigenvalue weighted by Crippen LogP contribution is -2.43. The first-order valence-corrected chi connectivity index (χ1v) is 10.8. The van der Waals surface area contributed by atoms with Crippen LogP contribution in [0.2, 0.25) is 0 Å². The Balaban J connectivity index is 1.35. The summed E-state index contributed by atoms with van der Waals surface area (Å²) in [6, 6.07) is 10.7. The van der Waals surface area contributed by atoms with Gasteiger partial charge in [-0.15, -0.1) is 0 Å². The quantitative estimate of drug-likeness (QED) is 0.775. The first kappa shape index (κ1) is 21.0. The van der Waals surface area contributed by atoms with E-state index in [0.29, 0.717) is 36.1 Å². The Morgan fingerprint density at radius 1 is 1.06 bits per heavy atom. The highest BCUT2D eigenvalue weighted by molar-refractivity contribution is 5.98. The van der Waals surface area contributed by atoms with Crippen molar-refractivity contribution in [1.29, 1.82) is 0 Å². The third-order valence-corrected chi connectivity index (χ3v) is 6.18. The van der Waals surface area contributed by atoms with Crippen molar-refractivity contribution in [2.75, 3.05) is 23.7 Å². The number of nitrogens with one attached hydrogen (secondary N) is 2. The van der Waals surface area contributed by atoms with Crippen LogP contribution >= 0.6 is 0 Å². The minimum absolute atomic E-state index is 0.0413. The monoisotopic (exact) mass is 420 g/mol. The number of aromatic nitrogens is 1. The summed E-state index contributed by atoms with van der Waals surface area (Å²) in [6.45, 7) is 4.98. The number of amides is 3. The molecule has 2 aliphatic rings. The number of likely N-dealkylation sites (tertiary alicyclic amines) is 1. The minimum Gasteiger partial charge on any atom is -0.338 e. The van der Waals surface area contributed by atoms with Crippen molar-refractivity contribution in [2.24, 2.45) is 17.8 Å². The van der Waals surface area contributed by atoms with Gasteiger partial charge in [-0.2, -0.15) is 0 Å². The number of pyridine rings is 1. The molecular formula is C24H28N4O3. The van der Waals surface area contributed by atoms with E-state index >= 15 is 0 Å². The Hall–Kier alpha value is -3.22. The van der Waals surface area contributed by atoms with Gasteiger partial charge in [-0.1, -0.05) is 13.0 Å². The Morgan fingerprint density at radius 2 is 1.81 bits per heavy atom. The van der Waals surface area contributed by atoms with Crippen LogP contribution in [-0.2, 0) is 9.59 Å². The van der Waals surface area contributed by atoms with Gasteiger partial charge in [-0.05, 0) is 68.0 Å². The summed E-state index contributed by atoms with van der Waals surface area (Å²) in [7, 11) is 0. The molecule has 7 nitrogen and oxygen atoms in total. The first-order chi connectivity index (χ1) is 14.9. The molecule has 162 valence electrons. The smallest absolute Gasteiger partial charge is 0.253 e.